The van der Waals surface area contributed by atoms with Gasteiger partial charge in [-0.05, 0) is 49.2 Å². The standard InChI is InChI=1S/C24H22N2O3/c1-14-4-6-16(7-5-14)17-11-21-22(25-12-17)20(10-15(2)23(21)29-3)19-9-8-18(13-27)26-24(19)28/h4-12,27H,13H2,1-3H3,(H,26,28). The Kier molecular flexibility index (Phi) is 4.91. The summed E-state index contributed by atoms with van der Waals surface area (Å²) in [4.78, 5) is 20.0. The van der Waals surface area contributed by atoms with Crippen LogP contribution in [0.4, 0.5) is 0 Å². The Balaban J connectivity index is 1.98. The van der Waals surface area contributed by atoms with Gasteiger partial charge in [0.2, 0.25) is 0 Å². The highest BCUT2D eigenvalue weighted by atomic mass is 16.5. The molecule has 5 heteroatoms. The minimum absolute atomic E-state index is 0.212. The van der Waals surface area contributed by atoms with E-state index in [4.69, 9.17) is 9.72 Å². The van der Waals surface area contributed by atoms with Gasteiger partial charge in [-0.3, -0.25) is 9.78 Å². The Labute approximate surface area is 168 Å². The van der Waals surface area contributed by atoms with Gasteiger partial charge in [-0.1, -0.05) is 29.8 Å². The van der Waals surface area contributed by atoms with Gasteiger partial charge in [-0.25, -0.2) is 0 Å². The molecule has 4 rings (SSSR count). The van der Waals surface area contributed by atoms with Crippen molar-refractivity contribution in [2.24, 2.45) is 0 Å². The van der Waals surface area contributed by atoms with Crippen LogP contribution >= 0.6 is 0 Å². The summed E-state index contributed by atoms with van der Waals surface area (Å²) in [5, 5.41) is 10.1. The van der Waals surface area contributed by atoms with E-state index in [1.54, 1.807) is 19.2 Å². The molecule has 0 unspecified atom stereocenters. The van der Waals surface area contributed by atoms with Gasteiger partial charge in [0, 0.05) is 34.0 Å². The Morgan fingerprint density at radius 1 is 1.00 bits per heavy atom. The monoisotopic (exact) mass is 386 g/mol. The maximum Gasteiger partial charge on any atom is 0.256 e. The van der Waals surface area contributed by atoms with Gasteiger partial charge < -0.3 is 14.8 Å². The average Bonchev–Trinajstić information content (AvgIpc) is 2.73. The zero-order valence-electron chi connectivity index (χ0n) is 16.6. The minimum Gasteiger partial charge on any atom is -0.496 e. The summed E-state index contributed by atoms with van der Waals surface area (Å²) >= 11 is 0. The van der Waals surface area contributed by atoms with Crippen molar-refractivity contribution in [1.29, 1.82) is 0 Å². The van der Waals surface area contributed by atoms with E-state index in [9.17, 15) is 9.90 Å². The first kappa shape index (κ1) is 18.9. The predicted octanol–water partition coefficient (Wildman–Crippen LogP) is 4.37. The topological polar surface area (TPSA) is 75.2 Å². The molecule has 0 aliphatic rings. The number of methoxy groups -OCH3 is 1. The summed E-state index contributed by atoms with van der Waals surface area (Å²) in [5.74, 6) is 0.744. The maximum absolute atomic E-state index is 12.6. The van der Waals surface area contributed by atoms with Crippen molar-refractivity contribution in [2.75, 3.05) is 7.11 Å². The number of fused-ring (bicyclic) bond motifs is 1. The first-order valence-electron chi connectivity index (χ1n) is 9.39. The van der Waals surface area contributed by atoms with Crippen LogP contribution in [0.3, 0.4) is 0 Å². The van der Waals surface area contributed by atoms with Crippen LogP contribution in [0.2, 0.25) is 0 Å². The van der Waals surface area contributed by atoms with Crippen molar-refractivity contribution in [3.63, 3.8) is 0 Å². The Hall–Kier alpha value is -3.44. The summed E-state index contributed by atoms with van der Waals surface area (Å²) in [6.45, 7) is 3.80. The second-order valence-electron chi connectivity index (χ2n) is 7.14. The maximum atomic E-state index is 12.6. The average molecular weight is 386 g/mol. The van der Waals surface area contributed by atoms with Crippen molar-refractivity contribution >= 4 is 10.9 Å². The van der Waals surface area contributed by atoms with E-state index < -0.39 is 0 Å². The number of nitrogens with one attached hydrogen (secondary N) is 1. The largest absolute Gasteiger partial charge is 0.496 e. The van der Waals surface area contributed by atoms with Crippen LogP contribution in [0.25, 0.3) is 33.2 Å². The molecule has 0 saturated carbocycles. The number of aliphatic hydroxyl groups excluding tert-OH is 1. The summed E-state index contributed by atoms with van der Waals surface area (Å²) < 4.78 is 5.67. The summed E-state index contributed by atoms with van der Waals surface area (Å²) in [6, 6.07) is 15.7. The van der Waals surface area contributed by atoms with Crippen molar-refractivity contribution in [3.8, 4) is 28.0 Å². The van der Waals surface area contributed by atoms with Crippen LogP contribution in [0.5, 0.6) is 5.75 Å². The van der Waals surface area contributed by atoms with E-state index in [0.717, 1.165) is 33.4 Å². The number of nitrogens with zero attached hydrogens (tertiary/aromatic N) is 1. The summed E-state index contributed by atoms with van der Waals surface area (Å²) in [5.41, 5.74) is 6.33. The number of benzene rings is 2. The van der Waals surface area contributed by atoms with Crippen molar-refractivity contribution < 1.29 is 9.84 Å². The summed E-state index contributed by atoms with van der Waals surface area (Å²) in [7, 11) is 1.64. The molecule has 0 fully saturated rings. The smallest absolute Gasteiger partial charge is 0.256 e. The number of aryl methyl sites for hydroxylation is 2. The molecule has 4 aromatic rings. The molecule has 0 amide bonds. The molecule has 0 spiro atoms. The van der Waals surface area contributed by atoms with Gasteiger partial charge in [0.05, 0.1) is 19.2 Å². The molecule has 2 aromatic heterocycles. The van der Waals surface area contributed by atoms with Crippen LogP contribution < -0.4 is 10.3 Å². The second-order valence-corrected chi connectivity index (χ2v) is 7.14. The third-order valence-corrected chi connectivity index (χ3v) is 5.13. The Bertz CT molecular complexity index is 1260. The molecule has 29 heavy (non-hydrogen) atoms. The van der Waals surface area contributed by atoms with Crippen LogP contribution in [0, 0.1) is 13.8 Å². The van der Waals surface area contributed by atoms with E-state index in [1.165, 1.54) is 5.56 Å². The van der Waals surface area contributed by atoms with Crippen LogP contribution in [-0.2, 0) is 6.61 Å². The molecular formula is C24H22N2O3. The Morgan fingerprint density at radius 3 is 2.41 bits per heavy atom. The lowest BCUT2D eigenvalue weighted by Crippen LogP contribution is -2.11. The number of hydrogen-bond donors (Lipinski definition) is 2. The molecule has 2 heterocycles. The number of aromatic amines is 1. The highest BCUT2D eigenvalue weighted by Gasteiger charge is 2.16. The van der Waals surface area contributed by atoms with E-state index in [-0.39, 0.29) is 12.2 Å². The molecule has 0 aliphatic heterocycles. The molecule has 0 saturated heterocycles. The molecular weight excluding hydrogens is 364 g/mol. The fraction of sp³-hybridized carbons (Fsp3) is 0.167. The lowest BCUT2D eigenvalue weighted by Gasteiger charge is -2.14. The lowest BCUT2D eigenvalue weighted by molar-refractivity contribution is 0.276. The van der Waals surface area contributed by atoms with Gasteiger partial charge in [0.25, 0.3) is 5.56 Å². The van der Waals surface area contributed by atoms with Crippen LogP contribution in [0.1, 0.15) is 16.8 Å². The van der Waals surface area contributed by atoms with Crippen LogP contribution in [0.15, 0.2) is 59.5 Å². The number of ether oxygens (including phenoxy) is 1. The van der Waals surface area contributed by atoms with E-state index in [0.29, 0.717) is 16.8 Å². The van der Waals surface area contributed by atoms with Gasteiger partial charge in [0.15, 0.2) is 0 Å². The molecule has 0 radical (unpaired) electrons. The molecule has 0 aliphatic carbocycles. The normalized spacial score (nSPS) is 11.0. The highest BCUT2D eigenvalue weighted by Crippen LogP contribution is 2.37. The number of hydrogen-bond acceptors (Lipinski definition) is 4. The molecule has 2 aromatic carbocycles. The van der Waals surface area contributed by atoms with Crippen molar-refractivity contribution in [1.82, 2.24) is 9.97 Å². The SMILES string of the molecule is COc1c(C)cc(-c2ccc(CO)[nH]c2=O)c2ncc(-c3ccc(C)cc3)cc12. The number of pyridine rings is 2. The fourth-order valence-corrected chi connectivity index (χ4v) is 3.61. The minimum atomic E-state index is -0.258. The van der Waals surface area contributed by atoms with Crippen molar-refractivity contribution in [3.05, 3.63) is 81.9 Å². The number of aromatic nitrogens is 2. The number of rotatable bonds is 4. The molecule has 0 bridgehead atoms. The van der Waals surface area contributed by atoms with Gasteiger partial charge in [0.1, 0.15) is 5.75 Å². The Morgan fingerprint density at radius 2 is 1.76 bits per heavy atom. The number of H-pyrrole nitrogens is 1. The first-order valence-corrected chi connectivity index (χ1v) is 9.39. The van der Waals surface area contributed by atoms with Gasteiger partial charge >= 0.3 is 0 Å². The van der Waals surface area contributed by atoms with Gasteiger partial charge in [-0.15, -0.1) is 0 Å². The third-order valence-electron chi connectivity index (χ3n) is 5.13. The third kappa shape index (κ3) is 3.41. The predicted molar refractivity (Wildman–Crippen MR) is 115 cm³/mol. The van der Waals surface area contributed by atoms with E-state index in [1.807, 2.05) is 19.2 Å². The molecule has 5 nitrogen and oxygen atoms in total. The van der Waals surface area contributed by atoms with E-state index in [2.05, 4.69) is 42.2 Å². The quantitative estimate of drug-likeness (QED) is 0.546. The fourth-order valence-electron chi connectivity index (χ4n) is 3.61. The lowest BCUT2D eigenvalue weighted by atomic mass is 9.96. The van der Waals surface area contributed by atoms with E-state index >= 15 is 0 Å². The second kappa shape index (κ2) is 7.53. The summed E-state index contributed by atoms with van der Waals surface area (Å²) in [6.07, 6.45) is 1.82. The van der Waals surface area contributed by atoms with Crippen molar-refractivity contribution in [2.45, 2.75) is 20.5 Å². The van der Waals surface area contributed by atoms with Crippen LogP contribution in [-0.4, -0.2) is 22.2 Å². The number of aliphatic hydroxyl groups is 1. The zero-order valence-corrected chi connectivity index (χ0v) is 16.6. The highest BCUT2D eigenvalue weighted by molar-refractivity contribution is 6.00. The molecule has 2 N–H and O–H groups in total. The molecule has 146 valence electrons. The first-order chi connectivity index (χ1) is 14.0. The van der Waals surface area contributed by atoms with Gasteiger partial charge in [-0.2, -0.15) is 0 Å². The molecule has 0 atom stereocenters. The zero-order chi connectivity index (χ0) is 20.5.